The molecule has 26 heavy (non-hydrogen) atoms. The standard InChI is InChI=1S/C18H20N2O5S/c1-4-12-9-10-13(23-3)16(11-12)26(21,22)20-18-17-14(24-5-2)7-6-8-15(17)25-19-18/h6-11H,4-5H2,1-3H3,(H,19,20). The van der Waals surface area contributed by atoms with Crippen LogP contribution >= 0.6 is 0 Å². The molecule has 0 spiro atoms. The van der Waals surface area contributed by atoms with Gasteiger partial charge in [-0.3, -0.25) is 4.72 Å². The van der Waals surface area contributed by atoms with Gasteiger partial charge in [0, 0.05) is 0 Å². The zero-order valence-corrected chi connectivity index (χ0v) is 15.6. The Morgan fingerprint density at radius 2 is 1.96 bits per heavy atom. The van der Waals surface area contributed by atoms with Crippen LogP contribution in [-0.4, -0.2) is 27.3 Å². The molecule has 0 aliphatic rings. The van der Waals surface area contributed by atoms with Crippen molar-refractivity contribution in [3.05, 3.63) is 42.0 Å². The molecule has 0 radical (unpaired) electrons. The van der Waals surface area contributed by atoms with E-state index in [0.29, 0.717) is 29.7 Å². The third kappa shape index (κ3) is 3.32. The molecule has 2 aromatic carbocycles. The molecule has 0 bridgehead atoms. The number of sulfonamides is 1. The fourth-order valence-electron chi connectivity index (χ4n) is 2.64. The minimum Gasteiger partial charge on any atom is -0.495 e. The maximum atomic E-state index is 12.9. The number of hydrogen-bond acceptors (Lipinski definition) is 6. The summed E-state index contributed by atoms with van der Waals surface area (Å²) in [4.78, 5) is 0.0457. The number of anilines is 1. The molecule has 0 unspecified atom stereocenters. The van der Waals surface area contributed by atoms with E-state index in [1.54, 1.807) is 30.3 Å². The van der Waals surface area contributed by atoms with E-state index in [1.165, 1.54) is 7.11 Å². The van der Waals surface area contributed by atoms with Crippen LogP contribution in [0.5, 0.6) is 11.5 Å². The Labute approximate surface area is 151 Å². The minimum atomic E-state index is -3.93. The summed E-state index contributed by atoms with van der Waals surface area (Å²) in [7, 11) is -2.51. The monoisotopic (exact) mass is 376 g/mol. The Morgan fingerprint density at radius 1 is 1.15 bits per heavy atom. The van der Waals surface area contributed by atoms with E-state index in [-0.39, 0.29) is 16.5 Å². The van der Waals surface area contributed by atoms with Gasteiger partial charge in [-0.25, -0.2) is 8.42 Å². The summed E-state index contributed by atoms with van der Waals surface area (Å²) in [6, 6.07) is 10.2. The highest BCUT2D eigenvalue weighted by atomic mass is 32.2. The molecule has 7 nitrogen and oxygen atoms in total. The summed E-state index contributed by atoms with van der Waals surface area (Å²) < 4.78 is 44.4. The van der Waals surface area contributed by atoms with Crippen LogP contribution in [0.1, 0.15) is 19.4 Å². The van der Waals surface area contributed by atoms with Crippen LogP contribution in [0.2, 0.25) is 0 Å². The van der Waals surface area contributed by atoms with E-state index < -0.39 is 10.0 Å². The second-order valence-corrected chi connectivity index (χ2v) is 7.19. The van der Waals surface area contributed by atoms with Crippen molar-refractivity contribution in [2.45, 2.75) is 25.2 Å². The van der Waals surface area contributed by atoms with Crippen LogP contribution in [0.4, 0.5) is 5.82 Å². The molecular formula is C18H20N2O5S. The molecule has 8 heteroatoms. The van der Waals surface area contributed by atoms with Crippen molar-refractivity contribution < 1.29 is 22.4 Å². The Hall–Kier alpha value is -2.74. The lowest BCUT2D eigenvalue weighted by Crippen LogP contribution is -2.15. The van der Waals surface area contributed by atoms with Gasteiger partial charge in [0.05, 0.1) is 13.7 Å². The van der Waals surface area contributed by atoms with Gasteiger partial charge in [0.1, 0.15) is 21.8 Å². The van der Waals surface area contributed by atoms with E-state index in [9.17, 15) is 8.42 Å². The van der Waals surface area contributed by atoms with Crippen molar-refractivity contribution >= 4 is 26.8 Å². The first-order chi connectivity index (χ1) is 12.5. The van der Waals surface area contributed by atoms with Gasteiger partial charge in [0.25, 0.3) is 10.0 Å². The number of methoxy groups -OCH3 is 1. The molecule has 3 aromatic rings. The average Bonchev–Trinajstić information content (AvgIpc) is 3.04. The first-order valence-electron chi connectivity index (χ1n) is 8.21. The molecule has 0 atom stereocenters. The molecule has 3 rings (SSSR count). The van der Waals surface area contributed by atoms with Gasteiger partial charge in [-0.2, -0.15) is 0 Å². The smallest absolute Gasteiger partial charge is 0.266 e. The number of aryl methyl sites for hydroxylation is 1. The predicted molar refractivity (Wildman–Crippen MR) is 98.4 cm³/mol. The van der Waals surface area contributed by atoms with E-state index in [1.807, 2.05) is 19.9 Å². The van der Waals surface area contributed by atoms with Crippen LogP contribution in [0.3, 0.4) is 0 Å². The van der Waals surface area contributed by atoms with Crippen LogP contribution < -0.4 is 14.2 Å². The summed E-state index contributed by atoms with van der Waals surface area (Å²) in [6.45, 7) is 4.23. The highest BCUT2D eigenvalue weighted by Crippen LogP contribution is 2.34. The highest BCUT2D eigenvalue weighted by Gasteiger charge is 2.24. The zero-order valence-electron chi connectivity index (χ0n) is 14.8. The van der Waals surface area contributed by atoms with Gasteiger partial charge in [0.2, 0.25) is 0 Å². The number of benzene rings is 2. The topological polar surface area (TPSA) is 90.7 Å². The molecule has 138 valence electrons. The van der Waals surface area contributed by atoms with Gasteiger partial charge in [-0.1, -0.05) is 24.2 Å². The Bertz CT molecular complexity index is 1030. The lowest BCUT2D eigenvalue weighted by Gasteiger charge is -2.12. The maximum Gasteiger partial charge on any atom is 0.266 e. The van der Waals surface area contributed by atoms with Crippen LogP contribution in [0.15, 0.2) is 45.8 Å². The molecular weight excluding hydrogens is 356 g/mol. The Morgan fingerprint density at radius 3 is 2.65 bits per heavy atom. The van der Waals surface area contributed by atoms with E-state index in [0.717, 1.165) is 5.56 Å². The van der Waals surface area contributed by atoms with Crippen LogP contribution in [0.25, 0.3) is 11.0 Å². The first-order valence-corrected chi connectivity index (χ1v) is 9.69. The molecule has 0 aliphatic carbocycles. The second kappa shape index (κ2) is 7.25. The van der Waals surface area contributed by atoms with E-state index in [2.05, 4.69) is 9.88 Å². The number of hydrogen-bond donors (Lipinski definition) is 1. The SMILES string of the molecule is CCOc1cccc2onc(NS(=O)(=O)c3cc(CC)ccc3OC)c12. The van der Waals surface area contributed by atoms with Crippen LogP contribution in [0, 0.1) is 0 Å². The largest absolute Gasteiger partial charge is 0.495 e. The quantitative estimate of drug-likeness (QED) is 0.677. The molecule has 1 N–H and O–H groups in total. The number of ether oxygens (including phenoxy) is 2. The van der Waals surface area contributed by atoms with E-state index in [4.69, 9.17) is 14.0 Å². The number of nitrogens with zero attached hydrogens (tertiary/aromatic N) is 1. The van der Waals surface area contributed by atoms with Gasteiger partial charge in [0.15, 0.2) is 11.4 Å². The maximum absolute atomic E-state index is 12.9. The summed E-state index contributed by atoms with van der Waals surface area (Å²) in [5.74, 6) is 0.832. The molecule has 1 aromatic heterocycles. The summed E-state index contributed by atoms with van der Waals surface area (Å²) in [6.07, 6.45) is 0.702. The number of aromatic nitrogens is 1. The third-order valence-electron chi connectivity index (χ3n) is 3.92. The normalized spacial score (nSPS) is 11.5. The minimum absolute atomic E-state index is 0.0457. The number of nitrogens with one attached hydrogen (secondary N) is 1. The zero-order chi connectivity index (χ0) is 18.7. The summed E-state index contributed by atoms with van der Waals surface area (Å²) in [5, 5.41) is 4.34. The molecule has 1 heterocycles. The first kappa shape index (κ1) is 18.1. The fourth-order valence-corrected chi connectivity index (χ4v) is 3.87. The summed E-state index contributed by atoms with van der Waals surface area (Å²) in [5.41, 5.74) is 1.31. The molecule has 0 saturated heterocycles. The van der Waals surface area contributed by atoms with E-state index >= 15 is 0 Å². The highest BCUT2D eigenvalue weighted by molar-refractivity contribution is 7.92. The number of fused-ring (bicyclic) bond motifs is 1. The van der Waals surface area contributed by atoms with Crippen molar-refractivity contribution in [1.29, 1.82) is 0 Å². The van der Waals surface area contributed by atoms with Gasteiger partial charge >= 0.3 is 0 Å². The number of rotatable bonds is 7. The summed E-state index contributed by atoms with van der Waals surface area (Å²) >= 11 is 0. The Balaban J connectivity index is 2.07. The lowest BCUT2D eigenvalue weighted by molar-refractivity contribution is 0.344. The molecule has 0 aliphatic heterocycles. The van der Waals surface area contributed by atoms with Gasteiger partial charge in [-0.15, -0.1) is 0 Å². The van der Waals surface area contributed by atoms with Crippen molar-refractivity contribution in [2.24, 2.45) is 0 Å². The van der Waals surface area contributed by atoms with Gasteiger partial charge in [-0.05, 0) is 43.2 Å². The fraction of sp³-hybridized carbons (Fsp3) is 0.278. The predicted octanol–water partition coefficient (Wildman–Crippen LogP) is 3.60. The van der Waals surface area contributed by atoms with Crippen molar-refractivity contribution in [3.63, 3.8) is 0 Å². The van der Waals surface area contributed by atoms with Crippen molar-refractivity contribution in [3.8, 4) is 11.5 Å². The van der Waals surface area contributed by atoms with Crippen molar-refractivity contribution in [1.82, 2.24) is 5.16 Å². The van der Waals surface area contributed by atoms with Crippen molar-refractivity contribution in [2.75, 3.05) is 18.4 Å². The third-order valence-corrected chi connectivity index (χ3v) is 5.28. The average molecular weight is 376 g/mol. The lowest BCUT2D eigenvalue weighted by atomic mass is 10.2. The van der Waals surface area contributed by atoms with Crippen LogP contribution in [-0.2, 0) is 16.4 Å². The Kier molecular flexibility index (Phi) is 5.03. The molecule has 0 saturated carbocycles. The van der Waals surface area contributed by atoms with Gasteiger partial charge < -0.3 is 14.0 Å². The molecule has 0 amide bonds. The molecule has 0 fully saturated rings. The second-order valence-electron chi connectivity index (χ2n) is 5.54.